The molecular weight excluding hydrogens is 128 g/mol. The average molecular weight is 131 g/mol. The predicted octanol–water partition coefficient (Wildman–Crippen LogP) is -0.372. The average Bonchev–Trinajstić information content (AvgIpc) is 1.98. The second-order valence-electron chi connectivity index (χ2n) is 1.45. The van der Waals surface area contributed by atoms with Crippen LogP contribution in [0.15, 0.2) is 0 Å². The Morgan fingerprint density at radius 1 is 1.50 bits per heavy atom. The van der Waals surface area contributed by atoms with Gasteiger partial charge in [-0.15, -0.1) is 0 Å². The molecule has 1 aliphatic heterocycles. The highest BCUT2D eigenvalue weighted by atomic mass is 32.2. The molecule has 0 N–H and O–H groups in total. The number of rotatable bonds is 0. The van der Waals surface area contributed by atoms with Crippen molar-refractivity contribution in [2.45, 2.75) is 6.10 Å². The van der Waals surface area contributed by atoms with Crippen LogP contribution in [-0.4, -0.2) is 22.8 Å². The molecule has 0 aromatic heterocycles. The van der Waals surface area contributed by atoms with Crippen molar-refractivity contribution in [1.29, 1.82) is 0 Å². The van der Waals surface area contributed by atoms with Crippen molar-refractivity contribution in [3.63, 3.8) is 0 Å². The Hall–Kier alpha value is -0.350. The Balaban J connectivity index is 2.70. The fraction of sp³-hybridized carbons (Fsp3) is 0.500. The van der Waals surface area contributed by atoms with Gasteiger partial charge in [0.05, 0.1) is 5.75 Å². The maximum absolute atomic E-state index is 10.3. The summed E-state index contributed by atoms with van der Waals surface area (Å²) >= 11 is 0.812. The first-order valence-corrected chi connectivity index (χ1v) is 3.05. The molecular formula is C4H3O3S. The van der Waals surface area contributed by atoms with E-state index < -0.39 is 17.0 Å². The van der Waals surface area contributed by atoms with Gasteiger partial charge < -0.3 is 0 Å². The Bertz CT molecular complexity index is 126. The zero-order valence-electron chi connectivity index (χ0n) is 3.92. The van der Waals surface area contributed by atoms with E-state index in [0.717, 1.165) is 11.8 Å². The van der Waals surface area contributed by atoms with Gasteiger partial charge in [-0.25, -0.2) is 5.11 Å². The van der Waals surface area contributed by atoms with Crippen LogP contribution in [0.3, 0.4) is 0 Å². The normalized spacial score (nSPS) is 29.4. The number of carbonyl (C=O) groups is 2. The molecule has 1 rings (SSSR count). The highest BCUT2D eigenvalue weighted by Gasteiger charge is 2.33. The third-order valence-corrected chi connectivity index (χ3v) is 1.79. The Morgan fingerprint density at radius 3 is 2.25 bits per heavy atom. The van der Waals surface area contributed by atoms with Crippen molar-refractivity contribution in [1.82, 2.24) is 0 Å². The fourth-order valence-corrected chi connectivity index (χ4v) is 1.14. The number of hydrogen-bond donors (Lipinski definition) is 0. The molecule has 1 unspecified atom stereocenters. The minimum absolute atomic E-state index is 0.0764. The van der Waals surface area contributed by atoms with Crippen molar-refractivity contribution in [2.75, 3.05) is 5.75 Å². The van der Waals surface area contributed by atoms with Gasteiger partial charge in [-0.2, -0.15) is 0 Å². The van der Waals surface area contributed by atoms with E-state index in [0.29, 0.717) is 0 Å². The lowest BCUT2D eigenvalue weighted by Crippen LogP contribution is -2.18. The van der Waals surface area contributed by atoms with E-state index in [9.17, 15) is 14.7 Å². The lowest BCUT2D eigenvalue weighted by molar-refractivity contribution is -0.134. The number of thioether (sulfide) groups is 1. The largest absolute Gasteiger partial charge is 0.295 e. The van der Waals surface area contributed by atoms with Crippen molar-refractivity contribution in [3.8, 4) is 0 Å². The van der Waals surface area contributed by atoms with E-state index >= 15 is 0 Å². The summed E-state index contributed by atoms with van der Waals surface area (Å²) in [5.74, 6) is -0.410. The summed E-state index contributed by atoms with van der Waals surface area (Å²) in [6.07, 6.45) is -1.58. The number of ketones is 1. The van der Waals surface area contributed by atoms with Gasteiger partial charge in [0, 0.05) is 0 Å². The van der Waals surface area contributed by atoms with Crippen molar-refractivity contribution >= 4 is 22.7 Å². The van der Waals surface area contributed by atoms with E-state index in [1.165, 1.54) is 0 Å². The first kappa shape index (κ1) is 5.78. The quantitative estimate of drug-likeness (QED) is 0.421. The third kappa shape index (κ3) is 0.763. The van der Waals surface area contributed by atoms with Crippen LogP contribution in [0.4, 0.5) is 0 Å². The molecule has 4 heteroatoms. The molecule has 1 fully saturated rings. The molecule has 8 heavy (non-hydrogen) atoms. The van der Waals surface area contributed by atoms with E-state index in [-0.39, 0.29) is 5.75 Å². The molecule has 1 heterocycles. The van der Waals surface area contributed by atoms with Crippen LogP contribution in [0.5, 0.6) is 0 Å². The molecule has 0 saturated carbocycles. The zero-order chi connectivity index (χ0) is 6.15. The van der Waals surface area contributed by atoms with Gasteiger partial charge in [0.15, 0.2) is 5.78 Å². The lowest BCUT2D eigenvalue weighted by Gasteiger charge is -1.84. The first-order valence-electron chi connectivity index (χ1n) is 2.07. The smallest absolute Gasteiger partial charge is 0.229 e. The van der Waals surface area contributed by atoms with Crippen molar-refractivity contribution in [3.05, 3.63) is 0 Å². The van der Waals surface area contributed by atoms with Crippen molar-refractivity contribution in [2.24, 2.45) is 0 Å². The SMILES string of the molecule is [O]C1C(=O)CSC1=O. The van der Waals surface area contributed by atoms with Gasteiger partial charge in [-0.1, -0.05) is 11.8 Å². The van der Waals surface area contributed by atoms with Gasteiger partial charge >= 0.3 is 0 Å². The Labute approximate surface area is 50.1 Å². The minimum Gasteiger partial charge on any atom is -0.295 e. The van der Waals surface area contributed by atoms with E-state index in [1.54, 1.807) is 0 Å². The lowest BCUT2D eigenvalue weighted by atomic mass is 10.3. The summed E-state index contributed by atoms with van der Waals surface area (Å²) in [4.78, 5) is 20.4. The molecule has 0 aromatic carbocycles. The van der Waals surface area contributed by atoms with Crippen LogP contribution in [0.2, 0.25) is 0 Å². The molecule has 1 radical (unpaired) electrons. The molecule has 0 amide bonds. The van der Waals surface area contributed by atoms with Crippen LogP contribution >= 0.6 is 11.8 Å². The molecule has 1 saturated heterocycles. The van der Waals surface area contributed by atoms with Gasteiger partial charge in [0.2, 0.25) is 11.2 Å². The molecule has 0 bridgehead atoms. The summed E-state index contributed by atoms with van der Waals surface area (Å²) in [7, 11) is 0. The summed E-state index contributed by atoms with van der Waals surface area (Å²) < 4.78 is 0. The molecule has 43 valence electrons. The van der Waals surface area contributed by atoms with Crippen LogP contribution in [0, 0.1) is 0 Å². The molecule has 0 aromatic rings. The second-order valence-corrected chi connectivity index (χ2v) is 2.43. The van der Waals surface area contributed by atoms with Crippen LogP contribution in [0.25, 0.3) is 0 Å². The van der Waals surface area contributed by atoms with E-state index in [2.05, 4.69) is 0 Å². The first-order chi connectivity index (χ1) is 3.72. The Kier molecular flexibility index (Phi) is 1.35. The Morgan fingerprint density at radius 2 is 2.12 bits per heavy atom. The second kappa shape index (κ2) is 1.87. The van der Waals surface area contributed by atoms with Crippen LogP contribution < -0.4 is 0 Å². The predicted molar refractivity (Wildman–Crippen MR) is 26.9 cm³/mol. The fourth-order valence-electron chi connectivity index (χ4n) is 0.425. The number of carbonyl (C=O) groups excluding carboxylic acids is 2. The number of hydrogen-bond acceptors (Lipinski definition) is 3. The maximum Gasteiger partial charge on any atom is 0.229 e. The summed E-state index contributed by atoms with van der Waals surface area (Å²) in [5.41, 5.74) is 0. The third-order valence-electron chi connectivity index (χ3n) is 0.863. The highest BCUT2D eigenvalue weighted by molar-refractivity contribution is 8.15. The monoisotopic (exact) mass is 131 g/mol. The topological polar surface area (TPSA) is 54.0 Å². The summed E-state index contributed by atoms with van der Waals surface area (Å²) in [5, 5.41) is 9.74. The molecule has 0 aliphatic carbocycles. The van der Waals surface area contributed by atoms with Gasteiger partial charge in [0.25, 0.3) is 0 Å². The van der Waals surface area contributed by atoms with Crippen LogP contribution in [-0.2, 0) is 14.7 Å². The molecule has 1 aliphatic rings. The zero-order valence-corrected chi connectivity index (χ0v) is 4.73. The van der Waals surface area contributed by atoms with Gasteiger partial charge in [-0.05, 0) is 0 Å². The van der Waals surface area contributed by atoms with E-state index in [1.807, 2.05) is 0 Å². The standard InChI is InChI=1S/C4H3O3S/c5-2-1-8-4(7)3(2)6/h3H,1H2. The molecule has 0 spiro atoms. The molecule has 3 nitrogen and oxygen atoms in total. The van der Waals surface area contributed by atoms with E-state index in [4.69, 9.17) is 0 Å². The molecule has 1 atom stereocenters. The minimum atomic E-state index is -1.58. The summed E-state index contributed by atoms with van der Waals surface area (Å²) in [6.45, 7) is 0. The maximum atomic E-state index is 10.3. The van der Waals surface area contributed by atoms with Crippen LogP contribution in [0.1, 0.15) is 0 Å². The number of Topliss-reactive ketones (excluding diaryl/α,β-unsaturated/α-hetero) is 1. The van der Waals surface area contributed by atoms with Gasteiger partial charge in [0.1, 0.15) is 0 Å². The summed E-state index contributed by atoms with van der Waals surface area (Å²) in [6, 6.07) is 0. The van der Waals surface area contributed by atoms with Crippen molar-refractivity contribution < 1.29 is 14.7 Å². The van der Waals surface area contributed by atoms with Gasteiger partial charge in [-0.3, -0.25) is 9.59 Å². The highest BCUT2D eigenvalue weighted by Crippen LogP contribution is 2.15.